The van der Waals surface area contributed by atoms with Crippen LogP contribution < -0.4 is 16.5 Å². The number of carboxylic acid groups (broad SMARTS) is 1. The van der Waals surface area contributed by atoms with Crippen LogP contribution in [-0.2, 0) is 0 Å². The zero-order valence-corrected chi connectivity index (χ0v) is 14.7. The molecule has 0 bridgehead atoms. The zero-order valence-electron chi connectivity index (χ0n) is 14.7. The normalized spacial score (nSPS) is 16.6. The minimum absolute atomic E-state index is 0.0852. The summed E-state index contributed by atoms with van der Waals surface area (Å²) in [6.45, 7) is 1.28. The predicted molar refractivity (Wildman–Crippen MR) is 101 cm³/mol. The molecular weight excluding hydrogens is 368 g/mol. The molecule has 6 nitrogen and oxygen atoms in total. The molecule has 1 aliphatic rings. The largest absolute Gasteiger partial charge is 0.477 e. The van der Waals surface area contributed by atoms with Crippen molar-refractivity contribution in [2.75, 3.05) is 18.8 Å². The second kappa shape index (κ2) is 6.72. The minimum atomic E-state index is -1.44. The van der Waals surface area contributed by atoms with Crippen LogP contribution in [-0.4, -0.2) is 28.7 Å². The Kier molecular flexibility index (Phi) is 4.35. The molecule has 1 aromatic heterocycles. The van der Waals surface area contributed by atoms with E-state index in [9.17, 15) is 23.5 Å². The summed E-state index contributed by atoms with van der Waals surface area (Å²) in [5.74, 6) is -2.69. The SMILES string of the molecule is Nc1c(C2CCNC2)c(F)cc2c(=O)c(C(=O)O)cn(-c3ccc(F)cc3)c12. The van der Waals surface area contributed by atoms with Gasteiger partial charge in [0.15, 0.2) is 0 Å². The van der Waals surface area contributed by atoms with Crippen LogP contribution in [0.25, 0.3) is 16.6 Å². The first-order chi connectivity index (χ1) is 13.4. The Morgan fingerprint density at radius 2 is 1.96 bits per heavy atom. The van der Waals surface area contributed by atoms with Crippen molar-refractivity contribution in [3.63, 3.8) is 0 Å². The maximum absolute atomic E-state index is 14.9. The lowest BCUT2D eigenvalue weighted by molar-refractivity contribution is 0.0695. The van der Waals surface area contributed by atoms with Gasteiger partial charge in [0.2, 0.25) is 5.43 Å². The smallest absolute Gasteiger partial charge is 0.341 e. The average Bonchev–Trinajstić information content (AvgIpc) is 3.17. The first kappa shape index (κ1) is 18.1. The molecule has 144 valence electrons. The van der Waals surface area contributed by atoms with Gasteiger partial charge in [0.1, 0.15) is 17.2 Å². The molecule has 8 heteroatoms. The van der Waals surface area contributed by atoms with E-state index < -0.39 is 28.6 Å². The van der Waals surface area contributed by atoms with Crippen molar-refractivity contribution in [3.05, 3.63) is 69.5 Å². The topological polar surface area (TPSA) is 97.3 Å². The van der Waals surface area contributed by atoms with Crippen LogP contribution in [0.3, 0.4) is 0 Å². The van der Waals surface area contributed by atoms with Crippen molar-refractivity contribution < 1.29 is 18.7 Å². The lowest BCUT2D eigenvalue weighted by Crippen LogP contribution is -2.21. The molecule has 1 unspecified atom stereocenters. The van der Waals surface area contributed by atoms with Gasteiger partial charge in [0, 0.05) is 29.9 Å². The molecule has 0 radical (unpaired) electrons. The van der Waals surface area contributed by atoms with Crippen LogP contribution >= 0.6 is 0 Å². The van der Waals surface area contributed by atoms with Crippen LogP contribution in [0.4, 0.5) is 14.5 Å². The van der Waals surface area contributed by atoms with E-state index in [0.29, 0.717) is 24.2 Å². The van der Waals surface area contributed by atoms with Gasteiger partial charge < -0.3 is 20.7 Å². The van der Waals surface area contributed by atoms with Crippen molar-refractivity contribution in [1.29, 1.82) is 0 Å². The van der Waals surface area contributed by atoms with Crippen molar-refractivity contribution in [3.8, 4) is 5.69 Å². The summed E-state index contributed by atoms with van der Waals surface area (Å²) in [4.78, 5) is 24.2. The number of aromatic carboxylic acids is 1. The van der Waals surface area contributed by atoms with Crippen LogP contribution in [0.2, 0.25) is 0 Å². The molecule has 0 amide bonds. The highest BCUT2D eigenvalue weighted by Gasteiger charge is 2.27. The third kappa shape index (κ3) is 2.82. The maximum atomic E-state index is 14.9. The number of fused-ring (bicyclic) bond motifs is 1. The van der Waals surface area contributed by atoms with E-state index in [1.807, 2.05) is 0 Å². The number of halogens is 2. The summed E-state index contributed by atoms with van der Waals surface area (Å²) in [7, 11) is 0. The van der Waals surface area contributed by atoms with Crippen LogP contribution in [0.1, 0.15) is 28.3 Å². The number of nitrogens with two attached hydrogens (primary N) is 1. The van der Waals surface area contributed by atoms with E-state index in [1.165, 1.54) is 28.8 Å². The van der Waals surface area contributed by atoms with E-state index >= 15 is 0 Å². The lowest BCUT2D eigenvalue weighted by Gasteiger charge is -2.19. The van der Waals surface area contributed by atoms with Crippen molar-refractivity contribution in [2.45, 2.75) is 12.3 Å². The molecular formula is C20H17F2N3O3. The van der Waals surface area contributed by atoms with Crippen molar-refractivity contribution >= 4 is 22.6 Å². The number of nitrogens with zero attached hydrogens (tertiary/aromatic N) is 1. The number of benzene rings is 2. The number of hydrogen-bond acceptors (Lipinski definition) is 4. The number of aromatic nitrogens is 1. The molecule has 2 heterocycles. The summed E-state index contributed by atoms with van der Waals surface area (Å²) < 4.78 is 29.6. The molecule has 1 fully saturated rings. The highest BCUT2D eigenvalue weighted by Crippen LogP contribution is 2.35. The second-order valence-electron chi connectivity index (χ2n) is 6.80. The van der Waals surface area contributed by atoms with E-state index in [4.69, 9.17) is 5.73 Å². The highest BCUT2D eigenvalue weighted by molar-refractivity contribution is 5.98. The Balaban J connectivity index is 2.12. The van der Waals surface area contributed by atoms with Crippen LogP contribution in [0, 0.1) is 11.6 Å². The molecule has 2 aromatic carbocycles. The number of carboxylic acids is 1. The van der Waals surface area contributed by atoms with Crippen LogP contribution in [0.5, 0.6) is 0 Å². The Morgan fingerprint density at radius 1 is 1.25 bits per heavy atom. The summed E-state index contributed by atoms with van der Waals surface area (Å²) in [5.41, 5.74) is 5.98. The first-order valence-corrected chi connectivity index (χ1v) is 8.75. The number of carbonyl (C=O) groups is 1. The summed E-state index contributed by atoms with van der Waals surface area (Å²) in [5, 5.41) is 12.4. The summed E-state index contributed by atoms with van der Waals surface area (Å²) in [6, 6.07) is 6.34. The van der Waals surface area contributed by atoms with E-state index in [2.05, 4.69) is 5.32 Å². The highest BCUT2D eigenvalue weighted by atomic mass is 19.1. The molecule has 4 N–H and O–H groups in total. The van der Waals surface area contributed by atoms with Gasteiger partial charge in [-0.25, -0.2) is 13.6 Å². The molecule has 28 heavy (non-hydrogen) atoms. The summed E-state index contributed by atoms with van der Waals surface area (Å²) in [6.07, 6.45) is 1.84. The molecule has 1 saturated heterocycles. The Hall–Kier alpha value is -3.26. The third-order valence-electron chi connectivity index (χ3n) is 5.12. The first-order valence-electron chi connectivity index (χ1n) is 8.75. The number of nitrogens with one attached hydrogen (secondary N) is 1. The molecule has 0 saturated carbocycles. The molecule has 0 spiro atoms. The Morgan fingerprint density at radius 3 is 2.57 bits per heavy atom. The minimum Gasteiger partial charge on any atom is -0.477 e. The fourth-order valence-electron chi connectivity index (χ4n) is 3.78. The van der Waals surface area contributed by atoms with Crippen LogP contribution in [0.15, 0.2) is 41.3 Å². The number of nitrogen functional groups attached to an aromatic ring is 1. The van der Waals surface area contributed by atoms with Gasteiger partial charge in [-0.2, -0.15) is 0 Å². The molecule has 1 aliphatic heterocycles. The van der Waals surface area contributed by atoms with Crippen molar-refractivity contribution in [2.24, 2.45) is 0 Å². The number of rotatable bonds is 3. The number of hydrogen-bond donors (Lipinski definition) is 3. The molecule has 3 aromatic rings. The number of pyridine rings is 1. The van der Waals surface area contributed by atoms with E-state index in [0.717, 1.165) is 18.8 Å². The van der Waals surface area contributed by atoms with E-state index in [-0.39, 0.29) is 22.5 Å². The lowest BCUT2D eigenvalue weighted by atomic mass is 9.93. The van der Waals surface area contributed by atoms with Gasteiger partial charge >= 0.3 is 5.97 Å². The predicted octanol–water partition coefficient (Wildman–Crippen LogP) is 2.63. The fourth-order valence-corrected chi connectivity index (χ4v) is 3.78. The maximum Gasteiger partial charge on any atom is 0.341 e. The van der Waals surface area contributed by atoms with Gasteiger partial charge in [-0.05, 0) is 43.3 Å². The van der Waals surface area contributed by atoms with Gasteiger partial charge in [0.25, 0.3) is 0 Å². The fraction of sp³-hybridized carbons (Fsp3) is 0.200. The Labute approximate surface area is 158 Å². The van der Waals surface area contributed by atoms with Gasteiger partial charge in [-0.3, -0.25) is 4.79 Å². The van der Waals surface area contributed by atoms with Gasteiger partial charge in [0.05, 0.1) is 16.6 Å². The quantitative estimate of drug-likeness (QED) is 0.602. The van der Waals surface area contributed by atoms with Crippen molar-refractivity contribution in [1.82, 2.24) is 9.88 Å². The molecule has 4 rings (SSSR count). The third-order valence-corrected chi connectivity index (χ3v) is 5.12. The standard InChI is InChI=1S/C20H17F2N3O3/c21-11-1-3-12(4-2-11)25-9-14(20(27)28)19(26)13-7-15(22)16(17(23)18(13)25)10-5-6-24-8-10/h1-4,7,9-10,24H,5-6,8,23H2,(H,27,28). The van der Waals surface area contributed by atoms with Gasteiger partial charge in [-0.15, -0.1) is 0 Å². The monoisotopic (exact) mass is 385 g/mol. The average molecular weight is 385 g/mol. The summed E-state index contributed by atoms with van der Waals surface area (Å²) >= 11 is 0. The van der Waals surface area contributed by atoms with E-state index in [1.54, 1.807) is 0 Å². The molecule has 0 aliphatic carbocycles. The number of anilines is 1. The zero-order chi connectivity index (χ0) is 20.0. The van der Waals surface area contributed by atoms with Gasteiger partial charge in [-0.1, -0.05) is 0 Å². The molecule has 1 atom stereocenters. The Bertz CT molecular complexity index is 1150. The second-order valence-corrected chi connectivity index (χ2v) is 6.80.